The van der Waals surface area contributed by atoms with Gasteiger partial charge in [0.15, 0.2) is 11.5 Å². The maximum Gasteiger partial charge on any atom is 0.573 e. The smallest absolute Gasteiger partial charge is 0.504 e. The van der Waals surface area contributed by atoms with Gasteiger partial charge >= 0.3 is 12.7 Å². The van der Waals surface area contributed by atoms with Gasteiger partial charge in [0.25, 0.3) is 0 Å². The molecule has 0 spiro atoms. The van der Waals surface area contributed by atoms with Crippen LogP contribution in [0.15, 0.2) is 42.5 Å². The van der Waals surface area contributed by atoms with E-state index in [1.54, 1.807) is 0 Å². The molecule has 0 aliphatic rings. The van der Waals surface area contributed by atoms with Crippen molar-refractivity contribution in [2.45, 2.75) is 18.8 Å². The first-order valence-electron chi connectivity index (χ1n) is 6.65. The minimum absolute atomic E-state index is 0.0914. The van der Waals surface area contributed by atoms with Gasteiger partial charge in [0, 0.05) is 5.56 Å². The number of halogens is 6. The SMILES string of the molecule is N[C@H](c1ccc(OC(F)(F)F)cc1)c1cccc(OC(F)(F)F)c1O. The van der Waals surface area contributed by atoms with Crippen LogP contribution in [-0.4, -0.2) is 17.8 Å². The second-order valence-corrected chi connectivity index (χ2v) is 4.84. The summed E-state index contributed by atoms with van der Waals surface area (Å²) < 4.78 is 80.6. The molecule has 0 unspecified atom stereocenters. The van der Waals surface area contributed by atoms with E-state index in [-0.39, 0.29) is 11.1 Å². The van der Waals surface area contributed by atoms with Gasteiger partial charge < -0.3 is 20.3 Å². The van der Waals surface area contributed by atoms with E-state index in [1.165, 1.54) is 24.3 Å². The maximum absolute atomic E-state index is 12.3. The summed E-state index contributed by atoms with van der Waals surface area (Å²) >= 11 is 0. The Bertz CT molecular complexity index is 728. The number of para-hydroxylation sites is 1. The van der Waals surface area contributed by atoms with E-state index in [1.807, 2.05) is 0 Å². The zero-order valence-corrected chi connectivity index (χ0v) is 12.2. The number of nitrogens with two attached hydrogens (primary N) is 1. The summed E-state index contributed by atoms with van der Waals surface area (Å²) in [5, 5.41) is 9.91. The molecule has 1 atom stereocenters. The molecule has 2 aromatic rings. The summed E-state index contributed by atoms with van der Waals surface area (Å²) in [4.78, 5) is 0. The van der Waals surface area contributed by atoms with Crippen molar-refractivity contribution in [1.82, 2.24) is 0 Å². The molecule has 2 rings (SSSR count). The third-order valence-electron chi connectivity index (χ3n) is 3.06. The number of hydrogen-bond donors (Lipinski definition) is 2. The van der Waals surface area contributed by atoms with Gasteiger partial charge in [-0.2, -0.15) is 0 Å². The van der Waals surface area contributed by atoms with Crippen LogP contribution in [0.1, 0.15) is 17.2 Å². The molecule has 25 heavy (non-hydrogen) atoms. The first kappa shape index (κ1) is 18.7. The van der Waals surface area contributed by atoms with E-state index < -0.39 is 36.0 Å². The van der Waals surface area contributed by atoms with Crippen molar-refractivity contribution >= 4 is 0 Å². The molecule has 0 bridgehead atoms. The van der Waals surface area contributed by atoms with Crippen LogP contribution in [0, 0.1) is 0 Å². The third-order valence-corrected chi connectivity index (χ3v) is 3.06. The van der Waals surface area contributed by atoms with Crippen LogP contribution in [0.25, 0.3) is 0 Å². The van der Waals surface area contributed by atoms with Crippen molar-refractivity contribution in [2.75, 3.05) is 0 Å². The molecule has 0 saturated heterocycles. The molecule has 0 radical (unpaired) electrons. The van der Waals surface area contributed by atoms with Gasteiger partial charge in [-0.1, -0.05) is 24.3 Å². The zero-order valence-electron chi connectivity index (χ0n) is 12.2. The molecule has 3 N–H and O–H groups in total. The van der Waals surface area contributed by atoms with Crippen LogP contribution >= 0.6 is 0 Å². The Kier molecular flexibility index (Phi) is 5.02. The lowest BCUT2D eigenvalue weighted by atomic mass is 9.98. The van der Waals surface area contributed by atoms with Gasteiger partial charge in [0.1, 0.15) is 5.75 Å². The average molecular weight is 367 g/mol. The maximum atomic E-state index is 12.3. The van der Waals surface area contributed by atoms with Crippen LogP contribution in [-0.2, 0) is 0 Å². The van der Waals surface area contributed by atoms with Crippen molar-refractivity contribution in [3.05, 3.63) is 53.6 Å². The van der Waals surface area contributed by atoms with Gasteiger partial charge in [-0.05, 0) is 23.8 Å². The molecule has 2 aromatic carbocycles. The minimum Gasteiger partial charge on any atom is -0.504 e. The lowest BCUT2D eigenvalue weighted by Gasteiger charge is -2.18. The number of ether oxygens (including phenoxy) is 2. The van der Waals surface area contributed by atoms with Crippen LogP contribution in [0.4, 0.5) is 26.3 Å². The Labute approximate surface area is 137 Å². The summed E-state index contributed by atoms with van der Waals surface area (Å²) in [6.07, 6.45) is -9.86. The second kappa shape index (κ2) is 6.71. The van der Waals surface area contributed by atoms with Crippen LogP contribution in [0.3, 0.4) is 0 Å². The zero-order chi connectivity index (χ0) is 18.8. The van der Waals surface area contributed by atoms with Gasteiger partial charge in [0.05, 0.1) is 6.04 Å². The molecule has 136 valence electrons. The Hall–Kier alpha value is -2.62. The molecule has 0 saturated carbocycles. The molecule has 4 nitrogen and oxygen atoms in total. The summed E-state index contributed by atoms with van der Waals surface area (Å²) in [5.41, 5.74) is 6.02. The van der Waals surface area contributed by atoms with Gasteiger partial charge in [-0.3, -0.25) is 0 Å². The number of hydrogen-bond acceptors (Lipinski definition) is 4. The average Bonchev–Trinajstić information content (AvgIpc) is 2.46. The van der Waals surface area contributed by atoms with Crippen molar-refractivity contribution in [3.63, 3.8) is 0 Å². The Morgan fingerprint density at radius 1 is 0.840 bits per heavy atom. The largest absolute Gasteiger partial charge is 0.573 e. The number of phenols is 1. The topological polar surface area (TPSA) is 64.7 Å². The fraction of sp³-hybridized carbons (Fsp3) is 0.200. The molecule has 10 heteroatoms. The number of alkyl halides is 6. The van der Waals surface area contributed by atoms with Gasteiger partial charge in [-0.15, -0.1) is 26.3 Å². The third kappa shape index (κ3) is 5.18. The van der Waals surface area contributed by atoms with Crippen LogP contribution in [0.5, 0.6) is 17.2 Å². The van der Waals surface area contributed by atoms with E-state index in [0.717, 1.165) is 18.2 Å². The van der Waals surface area contributed by atoms with Crippen molar-refractivity contribution in [3.8, 4) is 17.2 Å². The standard InChI is InChI=1S/C15H11F6NO3/c16-14(17,18)24-9-6-4-8(5-7-9)12(22)10-2-1-3-11(13(10)23)25-15(19,20)21/h1-7,12,23H,22H2/t12-/m1/s1. The number of aromatic hydroxyl groups is 1. The van der Waals surface area contributed by atoms with Crippen LogP contribution < -0.4 is 15.2 Å². The Morgan fingerprint density at radius 3 is 1.92 bits per heavy atom. The normalized spacial score (nSPS) is 13.4. The van der Waals surface area contributed by atoms with Crippen molar-refractivity contribution < 1.29 is 40.9 Å². The highest BCUT2D eigenvalue weighted by Crippen LogP contribution is 2.38. The highest BCUT2D eigenvalue weighted by molar-refractivity contribution is 5.50. The van der Waals surface area contributed by atoms with E-state index in [2.05, 4.69) is 9.47 Å². The molecule has 0 fully saturated rings. The number of rotatable bonds is 4. The van der Waals surface area contributed by atoms with E-state index in [0.29, 0.717) is 0 Å². The van der Waals surface area contributed by atoms with Crippen molar-refractivity contribution in [1.29, 1.82) is 0 Å². The molecule has 0 aromatic heterocycles. The highest BCUT2D eigenvalue weighted by atomic mass is 19.4. The van der Waals surface area contributed by atoms with E-state index in [9.17, 15) is 31.4 Å². The predicted octanol–water partition coefficient (Wildman–Crippen LogP) is 4.24. The predicted molar refractivity (Wildman–Crippen MR) is 73.9 cm³/mol. The van der Waals surface area contributed by atoms with E-state index in [4.69, 9.17) is 5.73 Å². The van der Waals surface area contributed by atoms with Crippen LogP contribution in [0.2, 0.25) is 0 Å². The fourth-order valence-electron chi connectivity index (χ4n) is 2.05. The second-order valence-electron chi connectivity index (χ2n) is 4.84. The molecule has 0 heterocycles. The lowest BCUT2D eigenvalue weighted by molar-refractivity contribution is -0.275. The molecular weight excluding hydrogens is 356 g/mol. The first-order chi connectivity index (χ1) is 11.5. The highest BCUT2D eigenvalue weighted by Gasteiger charge is 2.33. The lowest BCUT2D eigenvalue weighted by Crippen LogP contribution is -2.18. The van der Waals surface area contributed by atoms with E-state index >= 15 is 0 Å². The Morgan fingerprint density at radius 2 is 1.40 bits per heavy atom. The fourth-order valence-corrected chi connectivity index (χ4v) is 2.05. The number of phenolic OH excluding ortho intramolecular Hbond substituents is 1. The quantitative estimate of drug-likeness (QED) is 0.794. The molecular formula is C15H11F6NO3. The number of benzene rings is 2. The minimum atomic E-state index is -5.00. The summed E-state index contributed by atoms with van der Waals surface area (Å²) in [6.45, 7) is 0. The summed E-state index contributed by atoms with van der Waals surface area (Å²) in [5.74, 6) is -2.14. The summed E-state index contributed by atoms with van der Waals surface area (Å²) in [7, 11) is 0. The first-order valence-corrected chi connectivity index (χ1v) is 6.65. The molecule has 0 amide bonds. The van der Waals surface area contributed by atoms with Gasteiger partial charge in [-0.25, -0.2) is 0 Å². The molecule has 0 aliphatic carbocycles. The van der Waals surface area contributed by atoms with Gasteiger partial charge in [0.2, 0.25) is 0 Å². The summed E-state index contributed by atoms with van der Waals surface area (Å²) in [6, 6.07) is 6.65. The van der Waals surface area contributed by atoms with Crippen molar-refractivity contribution in [2.24, 2.45) is 5.73 Å². The monoisotopic (exact) mass is 367 g/mol. The molecule has 0 aliphatic heterocycles. The Balaban J connectivity index is 2.26.